The lowest BCUT2D eigenvalue weighted by atomic mass is 10.2. The summed E-state index contributed by atoms with van der Waals surface area (Å²) >= 11 is 5.99. The van der Waals surface area contributed by atoms with Crippen molar-refractivity contribution in [2.24, 2.45) is 5.73 Å². The van der Waals surface area contributed by atoms with E-state index < -0.39 is 0 Å². The molecule has 0 radical (unpaired) electrons. The molecule has 0 saturated carbocycles. The Labute approximate surface area is 107 Å². The number of aromatic nitrogens is 2. The number of fused-ring (bicyclic) bond motifs is 1. The second-order valence-corrected chi connectivity index (χ2v) is 5.24. The molecule has 1 aromatic heterocycles. The Morgan fingerprint density at radius 1 is 1.35 bits per heavy atom. The average molecular weight is 252 g/mol. The number of benzene rings is 1. The van der Waals surface area contributed by atoms with Crippen LogP contribution in [0.15, 0.2) is 18.2 Å². The lowest BCUT2D eigenvalue weighted by Gasteiger charge is -2.14. The maximum absolute atomic E-state index is 5.99. The molecule has 0 bridgehead atoms. The molecule has 2 rings (SSSR count). The number of nitrogens with two attached hydrogens (primary N) is 1. The minimum atomic E-state index is 0.111. The summed E-state index contributed by atoms with van der Waals surface area (Å²) in [5, 5.41) is 0.721. The summed E-state index contributed by atoms with van der Waals surface area (Å²) in [4.78, 5) is 4.63. The van der Waals surface area contributed by atoms with Gasteiger partial charge in [-0.3, -0.25) is 0 Å². The lowest BCUT2D eigenvalue weighted by molar-refractivity contribution is 0.564. The van der Waals surface area contributed by atoms with Gasteiger partial charge in [-0.05, 0) is 39.0 Å². The van der Waals surface area contributed by atoms with Gasteiger partial charge in [0.1, 0.15) is 5.82 Å². The zero-order valence-corrected chi connectivity index (χ0v) is 11.2. The van der Waals surface area contributed by atoms with Crippen LogP contribution in [0.4, 0.5) is 0 Å². The van der Waals surface area contributed by atoms with Crippen LogP contribution in [0.3, 0.4) is 0 Å². The van der Waals surface area contributed by atoms with Gasteiger partial charge < -0.3 is 10.3 Å². The molecule has 0 aliphatic carbocycles. The summed E-state index contributed by atoms with van der Waals surface area (Å²) in [5.41, 5.74) is 7.94. The predicted octanol–water partition coefficient (Wildman–Crippen LogP) is 3.16. The van der Waals surface area contributed by atoms with Gasteiger partial charge in [-0.25, -0.2) is 4.98 Å². The van der Waals surface area contributed by atoms with Gasteiger partial charge in [0, 0.05) is 23.5 Å². The van der Waals surface area contributed by atoms with Gasteiger partial charge in [0.05, 0.1) is 11.0 Å². The van der Waals surface area contributed by atoms with Gasteiger partial charge in [-0.1, -0.05) is 11.6 Å². The SMILES string of the molecule is CC(N)Cc1nc2cc(Cl)ccc2n1C(C)C. The van der Waals surface area contributed by atoms with Crippen molar-refractivity contribution in [1.82, 2.24) is 9.55 Å². The number of hydrogen-bond donors (Lipinski definition) is 1. The van der Waals surface area contributed by atoms with Crippen molar-refractivity contribution in [2.75, 3.05) is 0 Å². The molecule has 1 atom stereocenters. The second-order valence-electron chi connectivity index (χ2n) is 4.81. The van der Waals surface area contributed by atoms with Gasteiger partial charge in [-0.2, -0.15) is 0 Å². The summed E-state index contributed by atoms with van der Waals surface area (Å²) in [5.74, 6) is 1.03. The van der Waals surface area contributed by atoms with Crippen LogP contribution in [-0.2, 0) is 6.42 Å². The maximum atomic E-state index is 5.99. The molecule has 0 spiro atoms. The van der Waals surface area contributed by atoms with Crippen LogP contribution >= 0.6 is 11.6 Å². The van der Waals surface area contributed by atoms with Crippen LogP contribution < -0.4 is 5.73 Å². The third kappa shape index (κ3) is 2.45. The molecular weight excluding hydrogens is 234 g/mol. The van der Waals surface area contributed by atoms with Crippen LogP contribution in [0, 0.1) is 0 Å². The van der Waals surface area contributed by atoms with Crippen LogP contribution in [-0.4, -0.2) is 15.6 Å². The molecule has 0 aliphatic rings. The molecule has 1 unspecified atom stereocenters. The van der Waals surface area contributed by atoms with Crippen molar-refractivity contribution in [2.45, 2.75) is 39.3 Å². The second kappa shape index (κ2) is 4.67. The Bertz CT molecular complexity index is 529. The standard InChI is InChI=1S/C13H18ClN3/c1-8(2)17-12-5-4-10(14)7-11(12)16-13(17)6-9(3)15/h4-5,7-9H,6,15H2,1-3H3. The van der Waals surface area contributed by atoms with Crippen molar-refractivity contribution in [3.8, 4) is 0 Å². The quantitative estimate of drug-likeness (QED) is 0.911. The molecule has 0 aliphatic heterocycles. The molecule has 3 nitrogen and oxygen atoms in total. The van der Waals surface area contributed by atoms with Gasteiger partial charge >= 0.3 is 0 Å². The fourth-order valence-electron chi connectivity index (χ4n) is 2.13. The number of imidazole rings is 1. The van der Waals surface area contributed by atoms with Crippen molar-refractivity contribution >= 4 is 22.6 Å². The largest absolute Gasteiger partial charge is 0.328 e. The van der Waals surface area contributed by atoms with E-state index in [0.717, 1.165) is 28.3 Å². The molecular formula is C13H18ClN3. The molecule has 0 amide bonds. The van der Waals surface area contributed by atoms with Gasteiger partial charge in [0.15, 0.2) is 0 Å². The van der Waals surface area contributed by atoms with E-state index in [1.165, 1.54) is 0 Å². The predicted molar refractivity (Wildman–Crippen MR) is 72.5 cm³/mol. The highest BCUT2D eigenvalue weighted by Crippen LogP contribution is 2.24. The van der Waals surface area contributed by atoms with Crippen molar-refractivity contribution < 1.29 is 0 Å². The molecule has 17 heavy (non-hydrogen) atoms. The minimum absolute atomic E-state index is 0.111. The Hall–Kier alpha value is -1.06. The summed E-state index contributed by atoms with van der Waals surface area (Å²) in [6.07, 6.45) is 0.782. The number of hydrogen-bond acceptors (Lipinski definition) is 2. The Morgan fingerprint density at radius 2 is 2.06 bits per heavy atom. The van der Waals surface area contributed by atoms with E-state index in [2.05, 4.69) is 23.4 Å². The molecule has 92 valence electrons. The molecule has 2 aromatic rings. The first kappa shape index (κ1) is 12.4. The first-order valence-electron chi connectivity index (χ1n) is 5.91. The number of halogens is 1. The zero-order valence-electron chi connectivity index (χ0n) is 10.4. The molecule has 2 N–H and O–H groups in total. The number of rotatable bonds is 3. The van der Waals surface area contributed by atoms with E-state index in [1.807, 2.05) is 25.1 Å². The van der Waals surface area contributed by atoms with E-state index in [-0.39, 0.29) is 6.04 Å². The zero-order chi connectivity index (χ0) is 12.6. The molecule has 1 aromatic carbocycles. The van der Waals surface area contributed by atoms with Gasteiger partial charge in [0.2, 0.25) is 0 Å². The minimum Gasteiger partial charge on any atom is -0.328 e. The highest BCUT2D eigenvalue weighted by Gasteiger charge is 2.14. The lowest BCUT2D eigenvalue weighted by Crippen LogP contribution is -2.21. The van der Waals surface area contributed by atoms with Crippen LogP contribution in [0.5, 0.6) is 0 Å². The van der Waals surface area contributed by atoms with Crippen molar-refractivity contribution in [3.63, 3.8) is 0 Å². The summed E-state index contributed by atoms with van der Waals surface area (Å²) in [6.45, 7) is 6.30. The van der Waals surface area contributed by atoms with E-state index >= 15 is 0 Å². The Morgan fingerprint density at radius 3 is 2.65 bits per heavy atom. The molecule has 1 heterocycles. The third-order valence-corrected chi connectivity index (χ3v) is 2.98. The first-order chi connectivity index (χ1) is 7.99. The van der Waals surface area contributed by atoms with Gasteiger partial charge in [-0.15, -0.1) is 0 Å². The fraction of sp³-hybridized carbons (Fsp3) is 0.462. The Balaban J connectivity index is 2.61. The molecule has 0 fully saturated rings. The normalized spacial score (nSPS) is 13.5. The monoisotopic (exact) mass is 251 g/mol. The van der Waals surface area contributed by atoms with E-state index in [0.29, 0.717) is 6.04 Å². The highest BCUT2D eigenvalue weighted by atomic mass is 35.5. The summed E-state index contributed by atoms with van der Waals surface area (Å²) in [7, 11) is 0. The van der Waals surface area contributed by atoms with E-state index in [4.69, 9.17) is 17.3 Å². The summed E-state index contributed by atoms with van der Waals surface area (Å²) in [6, 6.07) is 6.31. The van der Waals surface area contributed by atoms with E-state index in [1.54, 1.807) is 0 Å². The number of nitrogens with zero attached hydrogens (tertiary/aromatic N) is 2. The first-order valence-corrected chi connectivity index (χ1v) is 6.28. The van der Waals surface area contributed by atoms with Crippen LogP contribution in [0.1, 0.15) is 32.6 Å². The topological polar surface area (TPSA) is 43.8 Å². The van der Waals surface area contributed by atoms with Crippen LogP contribution in [0.2, 0.25) is 5.02 Å². The third-order valence-electron chi connectivity index (χ3n) is 2.75. The smallest absolute Gasteiger partial charge is 0.111 e. The molecule has 0 saturated heterocycles. The summed E-state index contributed by atoms with van der Waals surface area (Å²) < 4.78 is 2.23. The van der Waals surface area contributed by atoms with E-state index in [9.17, 15) is 0 Å². The maximum Gasteiger partial charge on any atom is 0.111 e. The fourth-order valence-corrected chi connectivity index (χ4v) is 2.30. The average Bonchev–Trinajstić information content (AvgIpc) is 2.53. The highest BCUT2D eigenvalue weighted by molar-refractivity contribution is 6.31. The van der Waals surface area contributed by atoms with Crippen molar-refractivity contribution in [1.29, 1.82) is 0 Å². The molecule has 4 heteroatoms. The van der Waals surface area contributed by atoms with Crippen LogP contribution in [0.25, 0.3) is 11.0 Å². The van der Waals surface area contributed by atoms with Gasteiger partial charge in [0.25, 0.3) is 0 Å². The Kier molecular flexibility index (Phi) is 3.40. The van der Waals surface area contributed by atoms with Crippen molar-refractivity contribution in [3.05, 3.63) is 29.0 Å².